The molecule has 1 aliphatic heterocycles. The van der Waals surface area contributed by atoms with Gasteiger partial charge in [-0.3, -0.25) is 9.48 Å². The maximum atomic E-state index is 13.1. The number of carbonyl (C=O) groups is 1. The molecule has 1 aromatic carbocycles. The van der Waals surface area contributed by atoms with Crippen LogP contribution < -0.4 is 20.3 Å². The average molecular weight is 463 g/mol. The minimum atomic E-state index is -4.62. The number of halogens is 3. The second-order valence-corrected chi connectivity index (χ2v) is 8.12. The van der Waals surface area contributed by atoms with E-state index < -0.39 is 17.8 Å². The molecule has 176 valence electrons. The van der Waals surface area contributed by atoms with Crippen LogP contribution in [0.3, 0.4) is 0 Å². The van der Waals surface area contributed by atoms with E-state index in [1.165, 1.54) is 14.2 Å². The summed E-state index contributed by atoms with van der Waals surface area (Å²) in [6.45, 7) is 5.70. The van der Waals surface area contributed by atoms with Crippen molar-refractivity contribution >= 4 is 28.3 Å². The zero-order chi connectivity index (χ0) is 23.9. The standard InChI is InChI=1S/C21H24F3N7O2/c1-11-9-31(10-12(2)26-11)15-6-5-13(18-14(15)8-25-20(28-18)33-4)19(32)27-17-7-16(21(22,23)24)29-30(17)3/h5-8,11-12,26H,9-10H2,1-4H3,(H,27,32)/t11-,12-/m0/s1. The summed E-state index contributed by atoms with van der Waals surface area (Å²) in [6.07, 6.45) is -3.02. The number of benzene rings is 1. The van der Waals surface area contributed by atoms with Crippen molar-refractivity contribution in [3.05, 3.63) is 35.7 Å². The Kier molecular flexibility index (Phi) is 5.87. The van der Waals surface area contributed by atoms with Crippen molar-refractivity contribution < 1.29 is 22.7 Å². The minimum absolute atomic E-state index is 0.0793. The molecule has 2 N–H and O–H groups in total. The number of rotatable bonds is 4. The molecule has 0 bridgehead atoms. The molecule has 0 aliphatic carbocycles. The van der Waals surface area contributed by atoms with E-state index in [-0.39, 0.29) is 29.5 Å². The third-order valence-corrected chi connectivity index (χ3v) is 5.44. The number of nitrogens with zero attached hydrogens (tertiary/aromatic N) is 5. The van der Waals surface area contributed by atoms with Crippen molar-refractivity contribution in [3.8, 4) is 6.01 Å². The van der Waals surface area contributed by atoms with Gasteiger partial charge in [-0.25, -0.2) is 4.98 Å². The van der Waals surface area contributed by atoms with Crippen LogP contribution >= 0.6 is 0 Å². The molecular formula is C21H24F3N7O2. The van der Waals surface area contributed by atoms with Crippen LogP contribution in [0.25, 0.3) is 10.9 Å². The van der Waals surface area contributed by atoms with Crippen molar-refractivity contribution in [1.82, 2.24) is 25.1 Å². The Labute approximate surface area is 187 Å². The predicted octanol–water partition coefficient (Wildman–Crippen LogP) is 2.83. The average Bonchev–Trinajstić information content (AvgIpc) is 3.12. The minimum Gasteiger partial charge on any atom is -0.467 e. The van der Waals surface area contributed by atoms with Crippen LogP contribution in [0.1, 0.15) is 29.9 Å². The van der Waals surface area contributed by atoms with Crippen LogP contribution in [0.5, 0.6) is 6.01 Å². The van der Waals surface area contributed by atoms with E-state index in [1.807, 2.05) is 6.07 Å². The number of aromatic nitrogens is 4. The third-order valence-electron chi connectivity index (χ3n) is 5.44. The maximum absolute atomic E-state index is 13.1. The zero-order valence-corrected chi connectivity index (χ0v) is 18.6. The van der Waals surface area contributed by atoms with Gasteiger partial charge in [-0.15, -0.1) is 0 Å². The monoisotopic (exact) mass is 463 g/mol. The number of aryl methyl sites for hydroxylation is 1. The fourth-order valence-electron chi connectivity index (χ4n) is 4.08. The highest BCUT2D eigenvalue weighted by Crippen LogP contribution is 2.32. The molecule has 1 aliphatic rings. The lowest BCUT2D eigenvalue weighted by Crippen LogP contribution is -2.54. The number of hydrogen-bond donors (Lipinski definition) is 2. The van der Waals surface area contributed by atoms with Gasteiger partial charge >= 0.3 is 12.2 Å². The van der Waals surface area contributed by atoms with Crippen molar-refractivity contribution in [2.75, 3.05) is 30.4 Å². The molecule has 2 aromatic heterocycles. The first-order chi connectivity index (χ1) is 15.6. The first-order valence-corrected chi connectivity index (χ1v) is 10.3. The molecule has 0 spiro atoms. The number of carbonyl (C=O) groups excluding carboxylic acids is 1. The molecule has 2 atom stereocenters. The van der Waals surface area contributed by atoms with Gasteiger partial charge in [-0.1, -0.05) is 0 Å². The summed E-state index contributed by atoms with van der Waals surface area (Å²) in [5.74, 6) is -0.707. The summed E-state index contributed by atoms with van der Waals surface area (Å²) in [5.41, 5.74) is 0.296. The fraction of sp³-hybridized carbons (Fsp3) is 0.429. The van der Waals surface area contributed by atoms with Crippen LogP contribution in [-0.2, 0) is 13.2 Å². The van der Waals surface area contributed by atoms with Crippen molar-refractivity contribution in [2.45, 2.75) is 32.1 Å². The van der Waals surface area contributed by atoms with Gasteiger partial charge < -0.3 is 20.3 Å². The normalized spacial score (nSPS) is 19.1. The van der Waals surface area contributed by atoms with E-state index in [2.05, 4.69) is 44.4 Å². The SMILES string of the molecule is COc1ncc2c(N3C[C@H](C)N[C@@H](C)C3)ccc(C(=O)Nc3cc(C(F)(F)F)nn3C)c2n1. The van der Waals surface area contributed by atoms with Gasteiger partial charge in [0, 0.05) is 55.6 Å². The molecule has 1 amide bonds. The number of piperazine rings is 1. The van der Waals surface area contributed by atoms with E-state index in [4.69, 9.17) is 4.74 Å². The van der Waals surface area contributed by atoms with Gasteiger partial charge in [0.25, 0.3) is 5.91 Å². The zero-order valence-electron chi connectivity index (χ0n) is 18.6. The number of fused-ring (bicyclic) bond motifs is 1. The molecule has 0 saturated carbocycles. The number of nitrogens with one attached hydrogen (secondary N) is 2. The van der Waals surface area contributed by atoms with Crippen molar-refractivity contribution in [3.63, 3.8) is 0 Å². The smallest absolute Gasteiger partial charge is 0.435 e. The van der Waals surface area contributed by atoms with E-state index in [0.717, 1.165) is 29.5 Å². The molecular weight excluding hydrogens is 439 g/mol. The van der Waals surface area contributed by atoms with Gasteiger partial charge in [-0.05, 0) is 26.0 Å². The first kappa shape index (κ1) is 22.8. The first-order valence-electron chi connectivity index (χ1n) is 10.3. The van der Waals surface area contributed by atoms with Gasteiger partial charge in [0.2, 0.25) is 0 Å². The number of amides is 1. The summed E-state index contributed by atoms with van der Waals surface area (Å²) in [6, 6.07) is 4.81. The lowest BCUT2D eigenvalue weighted by atomic mass is 10.0. The number of alkyl halides is 3. The lowest BCUT2D eigenvalue weighted by molar-refractivity contribution is -0.141. The van der Waals surface area contributed by atoms with Crippen LogP contribution in [-0.4, -0.2) is 57.9 Å². The quantitative estimate of drug-likeness (QED) is 0.614. The second kappa shape index (κ2) is 8.50. The molecule has 33 heavy (non-hydrogen) atoms. The Morgan fingerprint density at radius 3 is 2.55 bits per heavy atom. The molecule has 9 nitrogen and oxygen atoms in total. The molecule has 1 fully saturated rings. The second-order valence-electron chi connectivity index (χ2n) is 8.12. The van der Waals surface area contributed by atoms with Crippen LogP contribution in [0.15, 0.2) is 24.4 Å². The van der Waals surface area contributed by atoms with E-state index in [0.29, 0.717) is 10.9 Å². The summed E-state index contributed by atoms with van der Waals surface area (Å²) in [4.78, 5) is 23.8. The Morgan fingerprint density at radius 2 is 1.94 bits per heavy atom. The topological polar surface area (TPSA) is 97.2 Å². The number of hydrogen-bond acceptors (Lipinski definition) is 7. The molecule has 1 saturated heterocycles. The summed E-state index contributed by atoms with van der Waals surface area (Å²) in [7, 11) is 2.74. The molecule has 3 aromatic rings. The van der Waals surface area contributed by atoms with E-state index in [1.54, 1.807) is 12.3 Å². The van der Waals surface area contributed by atoms with Crippen LogP contribution in [0, 0.1) is 0 Å². The Bertz CT molecular complexity index is 1180. The Hall–Kier alpha value is -3.41. The summed E-state index contributed by atoms with van der Waals surface area (Å²) in [5, 5.41) is 10.0. The van der Waals surface area contributed by atoms with Crippen molar-refractivity contribution in [2.24, 2.45) is 7.05 Å². The molecule has 3 heterocycles. The third kappa shape index (κ3) is 4.56. The number of anilines is 2. The predicted molar refractivity (Wildman–Crippen MR) is 117 cm³/mol. The Morgan fingerprint density at radius 1 is 1.24 bits per heavy atom. The van der Waals surface area contributed by atoms with Gasteiger partial charge in [0.05, 0.1) is 18.2 Å². The van der Waals surface area contributed by atoms with Crippen molar-refractivity contribution in [1.29, 1.82) is 0 Å². The molecule has 0 unspecified atom stereocenters. The molecule has 4 rings (SSSR count). The fourth-order valence-corrected chi connectivity index (χ4v) is 4.08. The maximum Gasteiger partial charge on any atom is 0.435 e. The Balaban J connectivity index is 1.74. The van der Waals surface area contributed by atoms with Crippen LogP contribution in [0.4, 0.5) is 24.7 Å². The number of ether oxygens (including phenoxy) is 1. The highest BCUT2D eigenvalue weighted by molar-refractivity contribution is 6.13. The van der Waals surface area contributed by atoms with Gasteiger partial charge in [-0.2, -0.15) is 23.3 Å². The highest BCUT2D eigenvalue weighted by atomic mass is 19.4. The van der Waals surface area contributed by atoms with Gasteiger partial charge in [0.1, 0.15) is 5.82 Å². The largest absolute Gasteiger partial charge is 0.467 e. The molecule has 0 radical (unpaired) electrons. The van der Waals surface area contributed by atoms with Gasteiger partial charge in [0.15, 0.2) is 5.69 Å². The molecule has 12 heteroatoms. The van der Waals surface area contributed by atoms with E-state index >= 15 is 0 Å². The summed E-state index contributed by atoms with van der Waals surface area (Å²) >= 11 is 0. The lowest BCUT2D eigenvalue weighted by Gasteiger charge is -2.38. The number of methoxy groups -OCH3 is 1. The van der Waals surface area contributed by atoms with Crippen LogP contribution in [0.2, 0.25) is 0 Å². The van der Waals surface area contributed by atoms with E-state index in [9.17, 15) is 18.0 Å². The highest BCUT2D eigenvalue weighted by Gasteiger charge is 2.35. The summed E-state index contributed by atoms with van der Waals surface area (Å²) < 4.78 is 45.0.